The minimum Gasteiger partial charge on any atom is -0.478 e. The van der Waals surface area contributed by atoms with E-state index in [-0.39, 0.29) is 6.04 Å². The maximum atomic E-state index is 6.26. The number of halogens is 1. The Bertz CT molecular complexity index is 630. The van der Waals surface area contributed by atoms with Crippen LogP contribution < -0.4 is 10.1 Å². The second-order valence-corrected chi connectivity index (χ2v) is 5.42. The average molecular weight is 308 g/mol. The van der Waals surface area contributed by atoms with E-state index in [2.05, 4.69) is 22.2 Å². The number of nitrogens with zero attached hydrogens (tertiary/aromatic N) is 2. The fourth-order valence-electron chi connectivity index (χ4n) is 2.32. The molecule has 0 bridgehead atoms. The molecule has 1 saturated heterocycles. The van der Waals surface area contributed by atoms with Crippen LogP contribution in [0.2, 0.25) is 5.02 Å². The summed E-state index contributed by atoms with van der Waals surface area (Å²) >= 11 is 6.26. The summed E-state index contributed by atoms with van der Waals surface area (Å²) in [6.07, 6.45) is 2.76. The van der Waals surface area contributed by atoms with E-state index in [4.69, 9.17) is 21.1 Å². The van der Waals surface area contributed by atoms with Gasteiger partial charge in [0.05, 0.1) is 36.4 Å². The summed E-state index contributed by atoms with van der Waals surface area (Å²) in [5.74, 6) is 0.543. The molecule has 21 heavy (non-hydrogen) atoms. The van der Waals surface area contributed by atoms with Gasteiger partial charge in [0, 0.05) is 18.8 Å². The molecule has 112 valence electrons. The molecular weight excluding hydrogens is 290 g/mol. The number of morpholine rings is 1. The number of hydrogen-bond acceptors (Lipinski definition) is 5. The van der Waals surface area contributed by atoms with E-state index in [0.717, 1.165) is 30.7 Å². The van der Waals surface area contributed by atoms with Crippen molar-refractivity contribution in [3.8, 4) is 5.88 Å². The Morgan fingerprint density at radius 1 is 1.48 bits per heavy atom. The Morgan fingerprint density at radius 3 is 3.14 bits per heavy atom. The summed E-state index contributed by atoms with van der Waals surface area (Å²) in [7, 11) is 0. The van der Waals surface area contributed by atoms with Gasteiger partial charge < -0.3 is 14.8 Å². The van der Waals surface area contributed by atoms with Crippen molar-refractivity contribution in [3.05, 3.63) is 28.9 Å². The van der Waals surface area contributed by atoms with E-state index in [1.165, 1.54) is 0 Å². The molecule has 0 aromatic carbocycles. The molecule has 3 rings (SSSR count). The largest absolute Gasteiger partial charge is 0.478 e. The van der Waals surface area contributed by atoms with E-state index < -0.39 is 0 Å². The maximum absolute atomic E-state index is 6.26. The monoisotopic (exact) mass is 307 g/mol. The van der Waals surface area contributed by atoms with Crippen LogP contribution in [0.25, 0.3) is 11.0 Å². The molecule has 1 N–H and O–H groups in total. The van der Waals surface area contributed by atoms with Crippen molar-refractivity contribution in [2.24, 2.45) is 0 Å². The van der Waals surface area contributed by atoms with Gasteiger partial charge in [0.1, 0.15) is 5.52 Å². The Labute approximate surface area is 128 Å². The molecule has 1 atom stereocenters. The average Bonchev–Trinajstić information content (AvgIpc) is 2.53. The van der Waals surface area contributed by atoms with Gasteiger partial charge in [-0.2, -0.15) is 0 Å². The SMILES string of the molecule is CCCOc1cc(Cl)c2ncc(C3COCCN3)cc2n1. The van der Waals surface area contributed by atoms with Crippen LogP contribution in [0.1, 0.15) is 24.9 Å². The fourth-order valence-corrected chi connectivity index (χ4v) is 2.56. The molecule has 1 aliphatic rings. The van der Waals surface area contributed by atoms with Gasteiger partial charge in [-0.3, -0.25) is 4.98 Å². The van der Waals surface area contributed by atoms with Crippen LogP contribution >= 0.6 is 11.6 Å². The van der Waals surface area contributed by atoms with Gasteiger partial charge >= 0.3 is 0 Å². The highest BCUT2D eigenvalue weighted by molar-refractivity contribution is 6.34. The summed E-state index contributed by atoms with van der Waals surface area (Å²) < 4.78 is 11.1. The quantitative estimate of drug-likeness (QED) is 0.941. The number of pyridine rings is 2. The smallest absolute Gasteiger partial charge is 0.215 e. The van der Waals surface area contributed by atoms with Crippen LogP contribution in [0, 0.1) is 0 Å². The summed E-state index contributed by atoms with van der Waals surface area (Å²) in [5, 5.41) is 3.97. The number of fused-ring (bicyclic) bond motifs is 1. The van der Waals surface area contributed by atoms with E-state index in [0.29, 0.717) is 29.6 Å². The maximum Gasteiger partial charge on any atom is 0.215 e. The molecule has 0 aliphatic carbocycles. The van der Waals surface area contributed by atoms with E-state index in [9.17, 15) is 0 Å². The number of ether oxygens (including phenoxy) is 2. The summed E-state index contributed by atoms with van der Waals surface area (Å²) in [4.78, 5) is 8.92. The van der Waals surface area contributed by atoms with Crippen molar-refractivity contribution in [1.82, 2.24) is 15.3 Å². The van der Waals surface area contributed by atoms with Crippen molar-refractivity contribution in [2.75, 3.05) is 26.4 Å². The lowest BCUT2D eigenvalue weighted by molar-refractivity contribution is 0.0768. The van der Waals surface area contributed by atoms with Crippen molar-refractivity contribution in [3.63, 3.8) is 0 Å². The van der Waals surface area contributed by atoms with Gasteiger partial charge in [-0.05, 0) is 18.1 Å². The number of hydrogen-bond donors (Lipinski definition) is 1. The molecule has 0 spiro atoms. The lowest BCUT2D eigenvalue weighted by Gasteiger charge is -2.24. The van der Waals surface area contributed by atoms with Crippen molar-refractivity contribution >= 4 is 22.6 Å². The number of aromatic nitrogens is 2. The third kappa shape index (κ3) is 3.26. The minimum absolute atomic E-state index is 0.149. The van der Waals surface area contributed by atoms with E-state index in [1.54, 1.807) is 6.07 Å². The Morgan fingerprint density at radius 2 is 2.38 bits per heavy atom. The topological polar surface area (TPSA) is 56.3 Å². The molecule has 1 fully saturated rings. The van der Waals surface area contributed by atoms with Crippen LogP contribution in [0.4, 0.5) is 0 Å². The second-order valence-electron chi connectivity index (χ2n) is 5.01. The zero-order chi connectivity index (χ0) is 14.7. The standard InChI is InChI=1S/C15H18ClN3O2/c1-2-4-21-14-7-11(16)15-12(19-14)6-10(8-18-15)13-9-20-5-3-17-13/h6-8,13,17H,2-5,9H2,1H3. The molecule has 3 heterocycles. The first-order valence-corrected chi connectivity index (χ1v) is 7.56. The van der Waals surface area contributed by atoms with Gasteiger partial charge in [-0.1, -0.05) is 18.5 Å². The lowest BCUT2D eigenvalue weighted by Crippen LogP contribution is -2.34. The molecule has 6 heteroatoms. The molecule has 2 aromatic rings. The van der Waals surface area contributed by atoms with Crippen LogP contribution in [0.3, 0.4) is 0 Å². The van der Waals surface area contributed by atoms with Gasteiger partial charge in [0.15, 0.2) is 0 Å². The zero-order valence-corrected chi connectivity index (χ0v) is 12.7. The van der Waals surface area contributed by atoms with Crippen molar-refractivity contribution < 1.29 is 9.47 Å². The highest BCUT2D eigenvalue weighted by Crippen LogP contribution is 2.27. The molecule has 5 nitrogen and oxygen atoms in total. The predicted molar refractivity (Wildman–Crippen MR) is 81.9 cm³/mol. The first-order chi connectivity index (χ1) is 10.3. The molecule has 2 aromatic heterocycles. The normalized spacial score (nSPS) is 18.9. The minimum atomic E-state index is 0.149. The van der Waals surface area contributed by atoms with E-state index in [1.807, 2.05) is 12.3 Å². The highest BCUT2D eigenvalue weighted by Gasteiger charge is 2.17. The number of rotatable bonds is 4. The molecule has 1 aliphatic heterocycles. The van der Waals surface area contributed by atoms with Crippen LogP contribution in [-0.4, -0.2) is 36.3 Å². The third-order valence-electron chi connectivity index (χ3n) is 3.37. The Balaban J connectivity index is 1.94. The van der Waals surface area contributed by atoms with Crippen molar-refractivity contribution in [1.29, 1.82) is 0 Å². The first kappa shape index (κ1) is 14.5. The molecule has 1 unspecified atom stereocenters. The highest BCUT2D eigenvalue weighted by atomic mass is 35.5. The van der Waals surface area contributed by atoms with Gasteiger partial charge in [0.2, 0.25) is 5.88 Å². The van der Waals surface area contributed by atoms with Crippen LogP contribution in [0.5, 0.6) is 5.88 Å². The lowest BCUT2D eigenvalue weighted by atomic mass is 10.1. The van der Waals surface area contributed by atoms with Gasteiger partial charge in [-0.15, -0.1) is 0 Å². The number of nitrogens with one attached hydrogen (secondary N) is 1. The summed E-state index contributed by atoms with van der Waals surface area (Å²) in [5.41, 5.74) is 2.50. The van der Waals surface area contributed by atoms with Gasteiger partial charge in [-0.25, -0.2) is 4.98 Å². The Kier molecular flexibility index (Phi) is 4.53. The first-order valence-electron chi connectivity index (χ1n) is 7.18. The molecule has 0 radical (unpaired) electrons. The summed E-state index contributed by atoms with van der Waals surface area (Å²) in [6, 6.07) is 3.87. The second kappa shape index (κ2) is 6.56. The molecule has 0 saturated carbocycles. The summed E-state index contributed by atoms with van der Waals surface area (Å²) in [6.45, 7) is 4.91. The molecule has 0 amide bonds. The molecular formula is C15H18ClN3O2. The fraction of sp³-hybridized carbons (Fsp3) is 0.467. The van der Waals surface area contributed by atoms with Gasteiger partial charge in [0.25, 0.3) is 0 Å². The van der Waals surface area contributed by atoms with Crippen LogP contribution in [0.15, 0.2) is 18.3 Å². The van der Waals surface area contributed by atoms with Crippen molar-refractivity contribution in [2.45, 2.75) is 19.4 Å². The Hall–Kier alpha value is -1.43. The zero-order valence-electron chi connectivity index (χ0n) is 11.9. The predicted octanol–water partition coefficient (Wildman–Crippen LogP) is 2.73. The van der Waals surface area contributed by atoms with E-state index >= 15 is 0 Å². The van der Waals surface area contributed by atoms with Crippen LogP contribution in [-0.2, 0) is 4.74 Å². The third-order valence-corrected chi connectivity index (χ3v) is 3.66.